The second-order valence-corrected chi connectivity index (χ2v) is 7.27. The molecular weight excluding hydrogens is 317 g/mol. The molecule has 1 aliphatic rings. The summed E-state index contributed by atoms with van der Waals surface area (Å²) >= 11 is 0. The molecule has 2 aromatic rings. The molecule has 23 heavy (non-hydrogen) atoms. The average Bonchev–Trinajstić information content (AvgIpc) is 2.55. The third-order valence-electron chi connectivity index (χ3n) is 3.82. The van der Waals surface area contributed by atoms with Crippen molar-refractivity contribution in [2.45, 2.75) is 23.8 Å². The molecule has 7 heteroatoms. The van der Waals surface area contributed by atoms with E-state index in [2.05, 4.69) is 14.6 Å². The predicted molar refractivity (Wildman–Crippen MR) is 86.2 cm³/mol. The van der Waals surface area contributed by atoms with Gasteiger partial charge in [0.25, 0.3) is 0 Å². The monoisotopic (exact) mass is 335 g/mol. The van der Waals surface area contributed by atoms with Gasteiger partial charge in [-0.15, -0.1) is 0 Å². The van der Waals surface area contributed by atoms with Crippen molar-refractivity contribution < 1.29 is 12.8 Å². The zero-order valence-electron chi connectivity index (χ0n) is 12.5. The second-order valence-electron chi connectivity index (χ2n) is 5.55. The highest BCUT2D eigenvalue weighted by molar-refractivity contribution is 7.89. The van der Waals surface area contributed by atoms with Crippen LogP contribution in [0.25, 0.3) is 0 Å². The zero-order valence-corrected chi connectivity index (χ0v) is 13.3. The summed E-state index contributed by atoms with van der Waals surface area (Å²) in [5.74, 6) is 0.272. The van der Waals surface area contributed by atoms with Gasteiger partial charge in [0.2, 0.25) is 10.0 Å². The fourth-order valence-corrected chi connectivity index (χ4v) is 4.04. The van der Waals surface area contributed by atoms with E-state index in [-0.39, 0.29) is 10.9 Å². The molecule has 1 aromatic carbocycles. The van der Waals surface area contributed by atoms with E-state index in [0.29, 0.717) is 6.54 Å². The lowest BCUT2D eigenvalue weighted by atomic mass is 10.1. The summed E-state index contributed by atoms with van der Waals surface area (Å²) in [5.41, 5.74) is 0. The Balaban J connectivity index is 1.72. The summed E-state index contributed by atoms with van der Waals surface area (Å²) < 4.78 is 40.7. The zero-order chi connectivity index (χ0) is 16.3. The number of aromatic nitrogens is 1. The van der Waals surface area contributed by atoms with Crippen LogP contribution in [0.4, 0.5) is 10.2 Å². The van der Waals surface area contributed by atoms with Gasteiger partial charge in [0.1, 0.15) is 11.6 Å². The fraction of sp³-hybridized carbons (Fsp3) is 0.312. The van der Waals surface area contributed by atoms with E-state index in [1.54, 1.807) is 6.20 Å². The number of piperidine rings is 1. The number of hydrogen-bond acceptors (Lipinski definition) is 4. The quantitative estimate of drug-likeness (QED) is 0.930. The summed E-state index contributed by atoms with van der Waals surface area (Å²) in [4.78, 5) is 6.31. The molecule has 3 rings (SSSR count). The first kappa shape index (κ1) is 15.9. The molecule has 0 saturated carbocycles. The van der Waals surface area contributed by atoms with Gasteiger partial charge in [-0.1, -0.05) is 12.1 Å². The molecule has 1 fully saturated rings. The van der Waals surface area contributed by atoms with Gasteiger partial charge in [0.15, 0.2) is 0 Å². The summed E-state index contributed by atoms with van der Waals surface area (Å²) in [5, 5.41) is 0. The van der Waals surface area contributed by atoms with E-state index in [1.807, 2.05) is 18.2 Å². The second kappa shape index (κ2) is 6.64. The van der Waals surface area contributed by atoms with Crippen LogP contribution in [-0.2, 0) is 10.0 Å². The van der Waals surface area contributed by atoms with E-state index < -0.39 is 15.8 Å². The molecule has 1 saturated heterocycles. The molecule has 1 aromatic heterocycles. The predicted octanol–water partition coefficient (Wildman–Crippen LogP) is 2.17. The number of hydrogen-bond donors (Lipinski definition) is 1. The van der Waals surface area contributed by atoms with Crippen molar-refractivity contribution in [1.82, 2.24) is 9.71 Å². The van der Waals surface area contributed by atoms with Gasteiger partial charge in [0, 0.05) is 25.3 Å². The van der Waals surface area contributed by atoms with Crippen LogP contribution in [0.3, 0.4) is 0 Å². The molecule has 0 aliphatic carbocycles. The molecule has 0 spiro atoms. The molecular formula is C16H18FN3O2S. The van der Waals surface area contributed by atoms with Gasteiger partial charge in [-0.2, -0.15) is 0 Å². The minimum Gasteiger partial charge on any atom is -0.355 e. The number of anilines is 1. The van der Waals surface area contributed by atoms with Gasteiger partial charge < -0.3 is 4.90 Å². The minimum absolute atomic E-state index is 0.0486. The number of rotatable bonds is 4. The molecule has 5 nitrogen and oxygen atoms in total. The lowest BCUT2D eigenvalue weighted by molar-refractivity contribution is 0.464. The van der Waals surface area contributed by atoms with E-state index in [4.69, 9.17) is 0 Å². The maximum Gasteiger partial charge on any atom is 0.240 e. The minimum atomic E-state index is -3.73. The van der Waals surface area contributed by atoms with Gasteiger partial charge in [-0.05, 0) is 43.2 Å². The van der Waals surface area contributed by atoms with Crippen LogP contribution >= 0.6 is 0 Å². The van der Waals surface area contributed by atoms with Gasteiger partial charge in [0.05, 0.1) is 4.90 Å². The van der Waals surface area contributed by atoms with E-state index in [0.717, 1.165) is 31.3 Å². The summed E-state index contributed by atoms with van der Waals surface area (Å²) in [6.45, 7) is 1.39. The molecule has 0 bridgehead atoms. The fourth-order valence-electron chi connectivity index (χ4n) is 2.74. The molecule has 1 atom stereocenters. The number of halogens is 1. The molecule has 1 N–H and O–H groups in total. The van der Waals surface area contributed by atoms with Gasteiger partial charge >= 0.3 is 0 Å². The summed E-state index contributed by atoms with van der Waals surface area (Å²) in [6.07, 6.45) is 3.33. The highest BCUT2D eigenvalue weighted by atomic mass is 32.2. The Kier molecular flexibility index (Phi) is 4.58. The van der Waals surface area contributed by atoms with Crippen molar-refractivity contribution in [1.29, 1.82) is 0 Å². The van der Waals surface area contributed by atoms with E-state index in [1.165, 1.54) is 18.2 Å². The van der Waals surface area contributed by atoms with Crippen molar-refractivity contribution in [3.05, 3.63) is 54.5 Å². The lowest BCUT2D eigenvalue weighted by Crippen LogP contribution is -2.48. The first-order valence-electron chi connectivity index (χ1n) is 7.48. The summed E-state index contributed by atoms with van der Waals surface area (Å²) in [7, 11) is -3.73. The van der Waals surface area contributed by atoms with Crippen molar-refractivity contribution >= 4 is 15.8 Å². The number of benzene rings is 1. The SMILES string of the molecule is O=S(=O)(NC1CCCN(c2ccccn2)C1)c1cccc(F)c1. The van der Waals surface area contributed by atoms with E-state index >= 15 is 0 Å². The van der Waals surface area contributed by atoms with Gasteiger partial charge in [-0.25, -0.2) is 22.5 Å². The van der Waals surface area contributed by atoms with E-state index in [9.17, 15) is 12.8 Å². The van der Waals surface area contributed by atoms with Crippen molar-refractivity contribution in [2.75, 3.05) is 18.0 Å². The van der Waals surface area contributed by atoms with Crippen LogP contribution in [-0.4, -0.2) is 32.5 Å². The van der Waals surface area contributed by atoms with Crippen LogP contribution in [0.2, 0.25) is 0 Å². The first-order chi connectivity index (χ1) is 11.0. The normalized spacial score (nSPS) is 18.8. The van der Waals surface area contributed by atoms with Crippen LogP contribution in [0.1, 0.15) is 12.8 Å². The number of sulfonamides is 1. The van der Waals surface area contributed by atoms with Crippen LogP contribution in [0.5, 0.6) is 0 Å². The largest absolute Gasteiger partial charge is 0.355 e. The Hall–Kier alpha value is -1.99. The van der Waals surface area contributed by atoms with Crippen LogP contribution < -0.4 is 9.62 Å². The molecule has 2 heterocycles. The summed E-state index contributed by atoms with van der Waals surface area (Å²) in [6, 6.07) is 10.5. The van der Waals surface area contributed by atoms with Crippen LogP contribution in [0.15, 0.2) is 53.6 Å². The Morgan fingerprint density at radius 1 is 1.22 bits per heavy atom. The Morgan fingerprint density at radius 3 is 2.83 bits per heavy atom. The lowest BCUT2D eigenvalue weighted by Gasteiger charge is -2.33. The number of pyridine rings is 1. The maximum atomic E-state index is 13.3. The maximum absolute atomic E-state index is 13.3. The molecule has 1 aliphatic heterocycles. The highest BCUT2D eigenvalue weighted by Crippen LogP contribution is 2.19. The third-order valence-corrected chi connectivity index (χ3v) is 5.34. The Morgan fingerprint density at radius 2 is 2.09 bits per heavy atom. The molecule has 0 radical (unpaired) electrons. The molecule has 0 amide bonds. The highest BCUT2D eigenvalue weighted by Gasteiger charge is 2.26. The standard InChI is InChI=1S/C16H18FN3O2S/c17-13-5-3-7-15(11-13)23(21,22)19-14-6-4-10-20(12-14)16-8-1-2-9-18-16/h1-3,5,7-9,11,14,19H,4,6,10,12H2. The van der Waals surface area contributed by atoms with Crippen LogP contribution in [0, 0.1) is 5.82 Å². The number of nitrogens with zero attached hydrogens (tertiary/aromatic N) is 2. The molecule has 1 unspecified atom stereocenters. The number of nitrogens with one attached hydrogen (secondary N) is 1. The Bertz CT molecular complexity index is 768. The average molecular weight is 335 g/mol. The van der Waals surface area contributed by atoms with Crippen molar-refractivity contribution in [3.63, 3.8) is 0 Å². The Labute approximate surface area is 135 Å². The van der Waals surface area contributed by atoms with Crippen molar-refractivity contribution in [3.8, 4) is 0 Å². The van der Waals surface area contributed by atoms with Gasteiger partial charge in [-0.3, -0.25) is 0 Å². The van der Waals surface area contributed by atoms with Crippen molar-refractivity contribution in [2.24, 2.45) is 0 Å². The first-order valence-corrected chi connectivity index (χ1v) is 8.97. The topological polar surface area (TPSA) is 62.3 Å². The molecule has 122 valence electrons. The smallest absolute Gasteiger partial charge is 0.240 e. The third kappa shape index (κ3) is 3.86.